The Hall–Kier alpha value is -4.01. The first kappa shape index (κ1) is 26.6. The smallest absolute Gasteiger partial charge is 0.271 e. The van der Waals surface area contributed by atoms with Crippen LogP contribution in [0.3, 0.4) is 0 Å². The summed E-state index contributed by atoms with van der Waals surface area (Å²) in [4.78, 5) is 27.2. The molecule has 1 aliphatic heterocycles. The van der Waals surface area contributed by atoms with Gasteiger partial charge in [-0.05, 0) is 74.1 Å². The zero-order valence-corrected chi connectivity index (χ0v) is 23.4. The number of rotatable bonds is 7. The first-order valence-electron chi connectivity index (χ1n) is 13.8. The fourth-order valence-electron chi connectivity index (χ4n) is 5.64. The van der Waals surface area contributed by atoms with Crippen molar-refractivity contribution in [2.45, 2.75) is 84.3 Å². The van der Waals surface area contributed by atoms with Crippen LogP contribution in [0.1, 0.15) is 82.8 Å². The third-order valence-corrected chi connectivity index (χ3v) is 7.35. The Balaban J connectivity index is 1.50. The standard InChI is InChI=1S/C30H37N7O2/c1-6-9-25-24(29(39)37-26(17-12-19(2)36(25)37)28(38)31-30(3,4)5)18-20-13-15-21(16-14-20)22-10-7-8-11-23(22)27-32-34-35-33-27/h7-8,10-11,13-16,19,26H,6,9,12,17-18H2,1-5H3,(H,31,38)(H,32,33,34,35). The van der Waals surface area contributed by atoms with Crippen molar-refractivity contribution in [3.8, 4) is 22.5 Å². The van der Waals surface area contributed by atoms with Gasteiger partial charge in [0.1, 0.15) is 6.04 Å². The van der Waals surface area contributed by atoms with Gasteiger partial charge in [-0.15, -0.1) is 5.10 Å². The van der Waals surface area contributed by atoms with Crippen molar-refractivity contribution in [3.05, 3.63) is 75.7 Å². The zero-order chi connectivity index (χ0) is 27.7. The van der Waals surface area contributed by atoms with Gasteiger partial charge in [-0.25, -0.2) is 9.78 Å². The third kappa shape index (κ3) is 5.30. The van der Waals surface area contributed by atoms with Crippen LogP contribution in [0.25, 0.3) is 22.5 Å². The highest BCUT2D eigenvalue weighted by Crippen LogP contribution is 2.33. The molecule has 2 unspecified atom stereocenters. The Kier molecular flexibility index (Phi) is 7.25. The van der Waals surface area contributed by atoms with Crippen LogP contribution >= 0.6 is 0 Å². The second-order valence-corrected chi connectivity index (χ2v) is 11.5. The van der Waals surface area contributed by atoms with Gasteiger partial charge in [-0.3, -0.25) is 14.3 Å². The molecule has 2 aromatic heterocycles. The van der Waals surface area contributed by atoms with Crippen LogP contribution in [0.15, 0.2) is 53.3 Å². The molecule has 2 atom stereocenters. The minimum Gasteiger partial charge on any atom is -0.350 e. The molecular weight excluding hydrogens is 490 g/mol. The maximum Gasteiger partial charge on any atom is 0.271 e. The second-order valence-electron chi connectivity index (χ2n) is 11.5. The fourth-order valence-corrected chi connectivity index (χ4v) is 5.64. The van der Waals surface area contributed by atoms with Crippen LogP contribution < -0.4 is 10.9 Å². The summed E-state index contributed by atoms with van der Waals surface area (Å²) in [6, 6.07) is 16.0. The molecule has 2 aromatic carbocycles. The van der Waals surface area contributed by atoms with Gasteiger partial charge in [0.2, 0.25) is 5.91 Å². The molecule has 0 saturated carbocycles. The molecule has 0 aliphatic carbocycles. The number of tetrazole rings is 1. The molecule has 0 spiro atoms. The lowest BCUT2D eigenvalue weighted by atomic mass is 9.96. The van der Waals surface area contributed by atoms with Crippen LogP contribution in [0.2, 0.25) is 0 Å². The molecule has 204 valence electrons. The molecule has 9 heteroatoms. The third-order valence-electron chi connectivity index (χ3n) is 7.35. The van der Waals surface area contributed by atoms with Crippen LogP contribution in [0.5, 0.6) is 0 Å². The van der Waals surface area contributed by atoms with Crippen molar-refractivity contribution in [2.75, 3.05) is 0 Å². The lowest BCUT2D eigenvalue weighted by Crippen LogP contribution is -2.48. The van der Waals surface area contributed by atoms with E-state index in [0.717, 1.165) is 52.8 Å². The maximum atomic E-state index is 13.9. The zero-order valence-electron chi connectivity index (χ0n) is 23.4. The molecule has 39 heavy (non-hydrogen) atoms. The van der Waals surface area contributed by atoms with E-state index in [1.165, 1.54) is 0 Å². The van der Waals surface area contributed by atoms with Gasteiger partial charge in [0.15, 0.2) is 5.82 Å². The molecule has 4 aromatic rings. The number of H-pyrrole nitrogens is 1. The number of fused-ring (bicyclic) bond motifs is 1. The van der Waals surface area contributed by atoms with Crippen LogP contribution in [0, 0.1) is 0 Å². The van der Waals surface area contributed by atoms with E-state index in [1.807, 2.05) is 45.0 Å². The monoisotopic (exact) mass is 527 g/mol. The summed E-state index contributed by atoms with van der Waals surface area (Å²) in [5.41, 5.74) is 5.48. The number of hydrogen-bond donors (Lipinski definition) is 2. The SMILES string of the molecule is CCCc1c(Cc2ccc(-c3ccccc3-c3nnn[nH]3)cc2)c(=O)n2n1C(C)CCC2C(=O)NC(C)(C)C. The van der Waals surface area contributed by atoms with Crippen molar-refractivity contribution in [2.24, 2.45) is 0 Å². The molecule has 5 rings (SSSR count). The normalized spacial score (nSPS) is 17.2. The van der Waals surface area contributed by atoms with Gasteiger partial charge in [-0.1, -0.05) is 61.9 Å². The summed E-state index contributed by atoms with van der Waals surface area (Å²) in [5.74, 6) is 0.528. The molecular formula is C30H37N7O2. The molecule has 0 bridgehead atoms. The Morgan fingerprint density at radius 2 is 1.77 bits per heavy atom. The van der Waals surface area contributed by atoms with Gasteiger partial charge < -0.3 is 5.32 Å². The van der Waals surface area contributed by atoms with Crippen molar-refractivity contribution in [3.63, 3.8) is 0 Å². The van der Waals surface area contributed by atoms with Crippen LogP contribution in [0.4, 0.5) is 0 Å². The largest absolute Gasteiger partial charge is 0.350 e. The summed E-state index contributed by atoms with van der Waals surface area (Å²) in [7, 11) is 0. The van der Waals surface area contributed by atoms with E-state index in [0.29, 0.717) is 18.7 Å². The molecule has 9 nitrogen and oxygen atoms in total. The van der Waals surface area contributed by atoms with Gasteiger partial charge in [0, 0.05) is 34.8 Å². The Labute approximate surface area is 228 Å². The Bertz CT molecular complexity index is 1510. The predicted molar refractivity (Wildman–Crippen MR) is 151 cm³/mol. The van der Waals surface area contributed by atoms with Crippen molar-refractivity contribution >= 4 is 5.91 Å². The lowest BCUT2D eigenvalue weighted by molar-refractivity contribution is -0.127. The number of benzene rings is 2. The minimum atomic E-state index is -0.498. The van der Waals surface area contributed by atoms with Crippen molar-refractivity contribution < 1.29 is 4.79 Å². The van der Waals surface area contributed by atoms with E-state index < -0.39 is 6.04 Å². The quantitative estimate of drug-likeness (QED) is 0.357. The number of aromatic nitrogens is 6. The van der Waals surface area contributed by atoms with Gasteiger partial charge in [0.05, 0.1) is 0 Å². The predicted octanol–water partition coefficient (Wildman–Crippen LogP) is 4.85. The van der Waals surface area contributed by atoms with Gasteiger partial charge in [-0.2, -0.15) is 0 Å². The maximum absolute atomic E-state index is 13.9. The fraction of sp³-hybridized carbons (Fsp3) is 0.433. The molecule has 3 heterocycles. The highest BCUT2D eigenvalue weighted by Gasteiger charge is 2.35. The van der Waals surface area contributed by atoms with E-state index in [9.17, 15) is 9.59 Å². The number of carbonyl (C=O) groups excluding carboxylic acids is 1. The molecule has 1 amide bonds. The molecule has 1 aliphatic rings. The molecule has 0 fully saturated rings. The molecule has 2 N–H and O–H groups in total. The lowest BCUT2D eigenvalue weighted by Gasteiger charge is -2.33. The summed E-state index contributed by atoms with van der Waals surface area (Å²) in [5, 5.41) is 17.4. The Morgan fingerprint density at radius 1 is 1.05 bits per heavy atom. The van der Waals surface area contributed by atoms with E-state index in [2.05, 4.69) is 68.7 Å². The summed E-state index contributed by atoms with van der Waals surface area (Å²) >= 11 is 0. The van der Waals surface area contributed by atoms with E-state index in [-0.39, 0.29) is 23.0 Å². The number of aromatic amines is 1. The number of nitrogens with one attached hydrogen (secondary N) is 2. The first-order valence-corrected chi connectivity index (χ1v) is 13.8. The van der Waals surface area contributed by atoms with E-state index in [4.69, 9.17) is 0 Å². The van der Waals surface area contributed by atoms with Gasteiger partial charge >= 0.3 is 0 Å². The van der Waals surface area contributed by atoms with Crippen molar-refractivity contribution in [1.82, 2.24) is 35.3 Å². The average molecular weight is 528 g/mol. The van der Waals surface area contributed by atoms with Gasteiger partial charge in [0.25, 0.3) is 5.56 Å². The Morgan fingerprint density at radius 3 is 2.41 bits per heavy atom. The van der Waals surface area contributed by atoms with E-state index in [1.54, 1.807) is 4.68 Å². The molecule has 0 saturated heterocycles. The number of nitrogens with zero attached hydrogens (tertiary/aromatic N) is 5. The van der Waals surface area contributed by atoms with Crippen molar-refractivity contribution in [1.29, 1.82) is 0 Å². The number of amides is 1. The summed E-state index contributed by atoms with van der Waals surface area (Å²) in [6.45, 7) is 10.2. The van der Waals surface area contributed by atoms with Crippen LogP contribution in [-0.4, -0.2) is 41.4 Å². The number of carbonyl (C=O) groups is 1. The molecule has 0 radical (unpaired) electrons. The highest BCUT2D eigenvalue weighted by molar-refractivity contribution is 5.81. The summed E-state index contributed by atoms with van der Waals surface area (Å²) in [6.07, 6.45) is 3.77. The highest BCUT2D eigenvalue weighted by atomic mass is 16.2. The van der Waals surface area contributed by atoms with E-state index >= 15 is 0 Å². The summed E-state index contributed by atoms with van der Waals surface area (Å²) < 4.78 is 3.86. The first-order chi connectivity index (χ1) is 18.7. The van der Waals surface area contributed by atoms with Crippen LogP contribution in [-0.2, 0) is 17.6 Å². The minimum absolute atomic E-state index is 0.0497. The topological polar surface area (TPSA) is 110 Å². The second kappa shape index (κ2) is 10.6. The number of hydrogen-bond acceptors (Lipinski definition) is 5. The average Bonchev–Trinajstić information content (AvgIpc) is 3.53.